The number of benzene rings is 1. The van der Waals surface area contributed by atoms with Crippen molar-refractivity contribution in [1.29, 1.82) is 0 Å². The zero-order valence-corrected chi connectivity index (χ0v) is 11.3. The molecule has 8 heteroatoms. The van der Waals surface area contributed by atoms with Crippen LogP contribution in [0.25, 0.3) is 0 Å². The third kappa shape index (κ3) is 4.70. The maximum absolute atomic E-state index is 13.3. The third-order valence-electron chi connectivity index (χ3n) is 2.59. The van der Waals surface area contributed by atoms with Gasteiger partial charge in [-0.25, -0.2) is 8.78 Å². The summed E-state index contributed by atoms with van der Waals surface area (Å²) in [4.78, 5) is 0. The molecule has 0 fully saturated rings. The molecule has 108 valence electrons. The normalized spacial score (nSPS) is 13.6. The SMILES string of the molecule is NNC(CCCC(F)(F)F)c1ccc(F)c(F)c1Br. The van der Waals surface area contributed by atoms with Gasteiger partial charge in [0.1, 0.15) is 0 Å². The van der Waals surface area contributed by atoms with E-state index >= 15 is 0 Å². The molecule has 0 saturated heterocycles. The summed E-state index contributed by atoms with van der Waals surface area (Å²) in [5, 5.41) is 0. The Hall–Kier alpha value is -0.730. The highest BCUT2D eigenvalue weighted by atomic mass is 79.9. The number of nitrogens with two attached hydrogens (primary N) is 1. The molecule has 0 spiro atoms. The van der Waals surface area contributed by atoms with Gasteiger partial charge in [-0.05, 0) is 40.4 Å². The number of hydrogen-bond acceptors (Lipinski definition) is 2. The minimum absolute atomic E-state index is 0.0552. The molecule has 1 unspecified atom stereocenters. The largest absolute Gasteiger partial charge is 0.389 e. The smallest absolute Gasteiger partial charge is 0.271 e. The molecule has 19 heavy (non-hydrogen) atoms. The number of rotatable bonds is 5. The van der Waals surface area contributed by atoms with E-state index in [-0.39, 0.29) is 22.9 Å². The summed E-state index contributed by atoms with van der Waals surface area (Å²) in [5.41, 5.74) is 2.59. The van der Waals surface area contributed by atoms with Crippen LogP contribution in [0.4, 0.5) is 22.0 Å². The van der Waals surface area contributed by atoms with Crippen LogP contribution in [-0.2, 0) is 0 Å². The Balaban J connectivity index is 2.78. The summed E-state index contributed by atoms with van der Waals surface area (Å²) in [6.45, 7) is 0. The monoisotopic (exact) mass is 346 g/mol. The Kier molecular flexibility index (Phi) is 5.69. The van der Waals surface area contributed by atoms with Gasteiger partial charge < -0.3 is 0 Å². The minimum Gasteiger partial charge on any atom is -0.271 e. The lowest BCUT2D eigenvalue weighted by Crippen LogP contribution is -2.28. The zero-order valence-electron chi connectivity index (χ0n) is 9.70. The lowest BCUT2D eigenvalue weighted by atomic mass is 10.0. The van der Waals surface area contributed by atoms with Crippen molar-refractivity contribution in [2.45, 2.75) is 31.5 Å². The molecular weight excluding hydrogens is 335 g/mol. The van der Waals surface area contributed by atoms with Crippen LogP contribution in [-0.4, -0.2) is 6.18 Å². The van der Waals surface area contributed by atoms with E-state index in [0.29, 0.717) is 0 Å². The molecule has 0 aliphatic rings. The van der Waals surface area contributed by atoms with Crippen LogP contribution in [0.1, 0.15) is 30.9 Å². The molecule has 0 bridgehead atoms. The second-order valence-electron chi connectivity index (χ2n) is 3.99. The molecule has 2 nitrogen and oxygen atoms in total. The first-order chi connectivity index (χ1) is 8.76. The first kappa shape index (κ1) is 16.3. The van der Waals surface area contributed by atoms with E-state index in [2.05, 4.69) is 21.4 Å². The quantitative estimate of drug-likeness (QED) is 0.366. The van der Waals surface area contributed by atoms with Crippen LogP contribution < -0.4 is 11.3 Å². The van der Waals surface area contributed by atoms with Crippen LogP contribution in [0.15, 0.2) is 16.6 Å². The summed E-state index contributed by atoms with van der Waals surface area (Å²) in [6.07, 6.45) is -5.31. The molecule has 0 saturated carbocycles. The van der Waals surface area contributed by atoms with Crippen LogP contribution in [0.5, 0.6) is 0 Å². The molecule has 0 aliphatic heterocycles. The standard InChI is InChI=1S/C11H12BrF5N2/c12-9-6(3-4-7(13)10(9)14)8(19-18)2-1-5-11(15,16)17/h3-4,8,19H,1-2,5,18H2. The van der Waals surface area contributed by atoms with Crippen molar-refractivity contribution in [3.63, 3.8) is 0 Å². The second kappa shape index (κ2) is 6.62. The lowest BCUT2D eigenvalue weighted by Gasteiger charge is -2.18. The number of nitrogens with one attached hydrogen (secondary N) is 1. The Labute approximate surface area is 115 Å². The highest BCUT2D eigenvalue weighted by Crippen LogP contribution is 2.31. The maximum atomic E-state index is 13.3. The predicted molar refractivity (Wildman–Crippen MR) is 64.0 cm³/mol. The summed E-state index contributed by atoms with van der Waals surface area (Å²) in [7, 11) is 0. The molecule has 3 N–H and O–H groups in total. The van der Waals surface area contributed by atoms with Gasteiger partial charge in [0.05, 0.1) is 4.47 Å². The van der Waals surface area contributed by atoms with Crippen molar-refractivity contribution < 1.29 is 22.0 Å². The Bertz CT molecular complexity index is 436. The van der Waals surface area contributed by atoms with E-state index < -0.39 is 30.3 Å². The fourth-order valence-electron chi connectivity index (χ4n) is 1.65. The van der Waals surface area contributed by atoms with Crippen molar-refractivity contribution >= 4 is 15.9 Å². The first-order valence-electron chi connectivity index (χ1n) is 5.42. The topological polar surface area (TPSA) is 38.0 Å². The first-order valence-corrected chi connectivity index (χ1v) is 6.22. The van der Waals surface area contributed by atoms with Gasteiger partial charge in [-0.1, -0.05) is 6.07 Å². The van der Waals surface area contributed by atoms with Gasteiger partial charge in [0.25, 0.3) is 0 Å². The Morgan fingerprint density at radius 2 is 1.89 bits per heavy atom. The third-order valence-corrected chi connectivity index (χ3v) is 3.40. The van der Waals surface area contributed by atoms with E-state index in [4.69, 9.17) is 5.84 Å². The number of alkyl halides is 3. The maximum Gasteiger partial charge on any atom is 0.389 e. The molecule has 1 rings (SSSR count). The summed E-state index contributed by atoms with van der Waals surface area (Å²) >= 11 is 2.87. The second-order valence-corrected chi connectivity index (χ2v) is 4.78. The molecular formula is C11H12BrF5N2. The fraction of sp³-hybridized carbons (Fsp3) is 0.455. The summed E-state index contributed by atoms with van der Waals surface area (Å²) in [6, 6.07) is 1.50. The summed E-state index contributed by atoms with van der Waals surface area (Å²) < 4.78 is 62.2. The molecule has 1 aromatic rings. The van der Waals surface area contributed by atoms with E-state index in [1.54, 1.807) is 0 Å². The van der Waals surface area contributed by atoms with Gasteiger partial charge in [-0.3, -0.25) is 11.3 Å². The molecule has 0 radical (unpaired) electrons. The van der Waals surface area contributed by atoms with Crippen molar-refractivity contribution in [3.8, 4) is 0 Å². The van der Waals surface area contributed by atoms with Gasteiger partial charge >= 0.3 is 6.18 Å². The summed E-state index contributed by atoms with van der Waals surface area (Å²) in [5.74, 6) is 3.11. The van der Waals surface area contributed by atoms with Crippen LogP contribution in [0, 0.1) is 11.6 Å². The van der Waals surface area contributed by atoms with Crippen molar-refractivity contribution in [1.82, 2.24) is 5.43 Å². The number of halogens is 6. The fourth-order valence-corrected chi connectivity index (χ4v) is 2.24. The molecule has 0 aromatic heterocycles. The number of hydrazine groups is 1. The Morgan fingerprint density at radius 1 is 1.26 bits per heavy atom. The van der Waals surface area contributed by atoms with Crippen molar-refractivity contribution in [2.75, 3.05) is 0 Å². The molecule has 0 amide bonds. The van der Waals surface area contributed by atoms with E-state index in [0.717, 1.165) is 6.07 Å². The Morgan fingerprint density at radius 3 is 2.42 bits per heavy atom. The lowest BCUT2D eigenvalue weighted by molar-refractivity contribution is -0.135. The molecule has 0 aliphatic carbocycles. The van der Waals surface area contributed by atoms with Crippen molar-refractivity contribution in [3.05, 3.63) is 33.8 Å². The highest BCUT2D eigenvalue weighted by molar-refractivity contribution is 9.10. The van der Waals surface area contributed by atoms with Crippen LogP contribution in [0.3, 0.4) is 0 Å². The molecule has 1 atom stereocenters. The van der Waals surface area contributed by atoms with Crippen LogP contribution >= 0.6 is 15.9 Å². The van der Waals surface area contributed by atoms with Gasteiger partial charge in [0.15, 0.2) is 11.6 Å². The van der Waals surface area contributed by atoms with E-state index in [9.17, 15) is 22.0 Å². The number of hydrogen-bond donors (Lipinski definition) is 2. The predicted octanol–water partition coefficient (Wildman–Crippen LogP) is 3.96. The van der Waals surface area contributed by atoms with Gasteiger partial charge in [0, 0.05) is 12.5 Å². The molecule has 0 heterocycles. The van der Waals surface area contributed by atoms with Gasteiger partial charge in [0.2, 0.25) is 0 Å². The highest BCUT2D eigenvalue weighted by Gasteiger charge is 2.27. The van der Waals surface area contributed by atoms with E-state index in [1.807, 2.05) is 0 Å². The minimum atomic E-state index is -4.25. The molecule has 1 aromatic carbocycles. The van der Waals surface area contributed by atoms with Crippen LogP contribution in [0.2, 0.25) is 0 Å². The van der Waals surface area contributed by atoms with E-state index in [1.165, 1.54) is 6.07 Å². The van der Waals surface area contributed by atoms with Crippen molar-refractivity contribution in [2.24, 2.45) is 5.84 Å². The average molecular weight is 347 g/mol. The van der Waals surface area contributed by atoms with Gasteiger partial charge in [-0.2, -0.15) is 13.2 Å². The van der Waals surface area contributed by atoms with Gasteiger partial charge in [-0.15, -0.1) is 0 Å². The zero-order chi connectivity index (χ0) is 14.6. The average Bonchev–Trinajstić information content (AvgIpc) is 2.32.